The first-order chi connectivity index (χ1) is 13.0. The van der Waals surface area contributed by atoms with Gasteiger partial charge in [-0.1, -0.05) is 12.8 Å². The summed E-state index contributed by atoms with van der Waals surface area (Å²) in [6.07, 6.45) is 5.70. The number of amides is 1. The zero-order valence-corrected chi connectivity index (χ0v) is 16.4. The second-order valence-electron chi connectivity index (χ2n) is 7.90. The van der Waals surface area contributed by atoms with Crippen molar-refractivity contribution in [1.29, 1.82) is 0 Å². The molecule has 2 atom stereocenters. The van der Waals surface area contributed by atoms with E-state index in [9.17, 15) is 14.7 Å². The first kappa shape index (κ1) is 20.5. The molecule has 1 aliphatic carbocycles. The number of carboxylic acid groups (broad SMARTS) is 1. The van der Waals surface area contributed by atoms with E-state index in [1.54, 1.807) is 12.0 Å². The molecule has 0 aromatic carbocycles. The van der Waals surface area contributed by atoms with Crippen LogP contribution in [-0.2, 0) is 23.8 Å². The van der Waals surface area contributed by atoms with Gasteiger partial charge in [0.1, 0.15) is 18.4 Å². The molecule has 0 bridgehead atoms. The average Bonchev–Trinajstić information content (AvgIpc) is 3.34. The van der Waals surface area contributed by atoms with Gasteiger partial charge < -0.3 is 24.2 Å². The van der Waals surface area contributed by atoms with E-state index in [0.717, 1.165) is 51.6 Å². The van der Waals surface area contributed by atoms with Gasteiger partial charge in [0.15, 0.2) is 0 Å². The maximum absolute atomic E-state index is 13.7. The fourth-order valence-electron chi connectivity index (χ4n) is 4.95. The number of carboxylic acids is 1. The minimum absolute atomic E-state index is 0.0354. The summed E-state index contributed by atoms with van der Waals surface area (Å²) in [7, 11) is 3.27. The highest BCUT2D eigenvalue weighted by atomic mass is 16.7. The molecule has 1 saturated carbocycles. The molecule has 1 N–H and O–H groups in total. The van der Waals surface area contributed by atoms with Crippen LogP contribution in [0.3, 0.4) is 0 Å². The fourth-order valence-corrected chi connectivity index (χ4v) is 4.95. The van der Waals surface area contributed by atoms with Gasteiger partial charge >= 0.3 is 5.97 Å². The standard InChI is InChI=1S/C19H32N2O6/c1-25-13-27-15-11-16(17(22)23)21(12-15)18(24)19(7-3-4-8-19)20-9-5-14(26-2)6-10-20/h14-16H,3-13H2,1-2H3,(H,22,23)/t15-,16-/m1/s1. The summed E-state index contributed by atoms with van der Waals surface area (Å²) in [6.45, 7) is 2.06. The average molecular weight is 384 g/mol. The second kappa shape index (κ2) is 8.86. The van der Waals surface area contributed by atoms with Crippen molar-refractivity contribution in [3.8, 4) is 0 Å². The summed E-state index contributed by atoms with van der Waals surface area (Å²) >= 11 is 0. The first-order valence-electron chi connectivity index (χ1n) is 9.94. The molecule has 0 aromatic rings. The molecule has 3 fully saturated rings. The molecule has 2 aliphatic heterocycles. The Morgan fingerprint density at radius 2 is 1.78 bits per heavy atom. The molecular weight excluding hydrogens is 352 g/mol. The van der Waals surface area contributed by atoms with E-state index in [2.05, 4.69) is 4.90 Å². The number of hydrogen-bond donors (Lipinski definition) is 1. The predicted molar refractivity (Wildman–Crippen MR) is 97.3 cm³/mol. The molecule has 2 heterocycles. The van der Waals surface area contributed by atoms with E-state index < -0.39 is 17.6 Å². The van der Waals surface area contributed by atoms with Crippen LogP contribution in [0.15, 0.2) is 0 Å². The van der Waals surface area contributed by atoms with Crippen molar-refractivity contribution in [3.05, 3.63) is 0 Å². The van der Waals surface area contributed by atoms with Crippen LogP contribution in [0.5, 0.6) is 0 Å². The molecule has 0 radical (unpaired) electrons. The summed E-state index contributed by atoms with van der Waals surface area (Å²) in [5.74, 6) is -0.995. The van der Waals surface area contributed by atoms with Gasteiger partial charge in [-0.15, -0.1) is 0 Å². The van der Waals surface area contributed by atoms with Crippen molar-refractivity contribution >= 4 is 11.9 Å². The van der Waals surface area contributed by atoms with Crippen LogP contribution in [0, 0.1) is 0 Å². The molecule has 1 amide bonds. The van der Waals surface area contributed by atoms with Crippen LogP contribution in [0.2, 0.25) is 0 Å². The van der Waals surface area contributed by atoms with Crippen LogP contribution in [0.25, 0.3) is 0 Å². The Hall–Kier alpha value is -1.22. The number of carbonyl (C=O) groups is 2. The van der Waals surface area contributed by atoms with E-state index in [0.29, 0.717) is 13.0 Å². The van der Waals surface area contributed by atoms with Gasteiger partial charge in [0.05, 0.1) is 12.2 Å². The third kappa shape index (κ3) is 4.13. The Morgan fingerprint density at radius 1 is 1.11 bits per heavy atom. The number of piperidine rings is 1. The number of aliphatic carboxylic acids is 1. The third-order valence-corrected chi connectivity index (χ3v) is 6.44. The van der Waals surface area contributed by atoms with Crippen molar-refractivity contribution < 1.29 is 28.9 Å². The number of ether oxygens (including phenoxy) is 3. The monoisotopic (exact) mass is 384 g/mol. The maximum atomic E-state index is 13.7. The first-order valence-corrected chi connectivity index (χ1v) is 9.94. The number of likely N-dealkylation sites (tertiary alicyclic amines) is 2. The normalized spacial score (nSPS) is 29.3. The summed E-state index contributed by atoms with van der Waals surface area (Å²) in [6, 6.07) is -0.826. The lowest BCUT2D eigenvalue weighted by Gasteiger charge is -2.45. The predicted octanol–water partition coefficient (Wildman–Crippen LogP) is 1.08. The van der Waals surface area contributed by atoms with Crippen molar-refractivity contribution in [2.24, 2.45) is 0 Å². The number of carbonyl (C=O) groups excluding carboxylic acids is 1. The molecular formula is C19H32N2O6. The van der Waals surface area contributed by atoms with E-state index in [1.807, 2.05) is 0 Å². The minimum atomic E-state index is -0.960. The highest BCUT2D eigenvalue weighted by Crippen LogP contribution is 2.40. The van der Waals surface area contributed by atoms with Crippen LogP contribution in [0.4, 0.5) is 0 Å². The van der Waals surface area contributed by atoms with Gasteiger partial charge in [0.2, 0.25) is 5.91 Å². The van der Waals surface area contributed by atoms with Gasteiger partial charge in [-0.25, -0.2) is 4.79 Å². The SMILES string of the molecule is COCO[C@@H]1C[C@H](C(=O)O)N(C(=O)C2(N3CCC(OC)CC3)CCCC2)C1. The Kier molecular flexibility index (Phi) is 6.73. The summed E-state index contributed by atoms with van der Waals surface area (Å²) in [5.41, 5.74) is -0.567. The maximum Gasteiger partial charge on any atom is 0.326 e. The lowest BCUT2D eigenvalue weighted by atomic mass is 9.89. The van der Waals surface area contributed by atoms with Crippen LogP contribution in [0.1, 0.15) is 44.9 Å². The van der Waals surface area contributed by atoms with E-state index in [1.165, 1.54) is 7.11 Å². The molecule has 154 valence electrons. The van der Waals surface area contributed by atoms with Gasteiger partial charge in [0, 0.05) is 40.3 Å². The molecule has 27 heavy (non-hydrogen) atoms. The number of rotatable bonds is 7. The molecule has 2 saturated heterocycles. The quantitative estimate of drug-likeness (QED) is 0.657. The van der Waals surface area contributed by atoms with Crippen molar-refractivity contribution in [3.63, 3.8) is 0 Å². The Balaban J connectivity index is 1.76. The Bertz CT molecular complexity index is 528. The molecule has 8 nitrogen and oxygen atoms in total. The minimum Gasteiger partial charge on any atom is -0.480 e. The molecule has 3 aliphatic rings. The lowest BCUT2D eigenvalue weighted by Crippen LogP contribution is -2.61. The van der Waals surface area contributed by atoms with Crippen molar-refractivity contribution in [2.45, 2.75) is 68.7 Å². The van der Waals surface area contributed by atoms with E-state index in [4.69, 9.17) is 14.2 Å². The summed E-state index contributed by atoms with van der Waals surface area (Å²) in [4.78, 5) is 29.3. The van der Waals surface area contributed by atoms with Crippen LogP contribution in [-0.4, -0.2) is 91.2 Å². The summed E-state index contributed by atoms with van der Waals surface area (Å²) < 4.78 is 16.0. The van der Waals surface area contributed by atoms with Crippen LogP contribution < -0.4 is 0 Å². The molecule has 0 aromatic heterocycles. The molecule has 0 unspecified atom stereocenters. The van der Waals surface area contributed by atoms with Gasteiger partial charge in [0.25, 0.3) is 0 Å². The fraction of sp³-hybridized carbons (Fsp3) is 0.895. The lowest BCUT2D eigenvalue weighted by molar-refractivity contribution is -0.156. The number of hydrogen-bond acceptors (Lipinski definition) is 6. The number of nitrogens with zero attached hydrogens (tertiary/aromatic N) is 2. The summed E-state index contributed by atoms with van der Waals surface area (Å²) in [5, 5.41) is 9.67. The highest BCUT2D eigenvalue weighted by Gasteiger charge is 2.52. The van der Waals surface area contributed by atoms with E-state index >= 15 is 0 Å². The Labute approximate surface area is 160 Å². The van der Waals surface area contributed by atoms with Gasteiger partial charge in [-0.3, -0.25) is 9.69 Å². The third-order valence-electron chi connectivity index (χ3n) is 6.44. The van der Waals surface area contributed by atoms with Crippen molar-refractivity contribution in [1.82, 2.24) is 9.80 Å². The largest absolute Gasteiger partial charge is 0.480 e. The zero-order chi connectivity index (χ0) is 19.4. The molecule has 8 heteroatoms. The Morgan fingerprint density at radius 3 is 2.33 bits per heavy atom. The van der Waals surface area contributed by atoms with Crippen LogP contribution >= 0.6 is 0 Å². The van der Waals surface area contributed by atoms with Gasteiger partial charge in [-0.2, -0.15) is 0 Å². The smallest absolute Gasteiger partial charge is 0.326 e. The van der Waals surface area contributed by atoms with Crippen molar-refractivity contribution in [2.75, 3.05) is 40.6 Å². The molecule has 0 spiro atoms. The molecule has 3 rings (SSSR count). The van der Waals surface area contributed by atoms with Gasteiger partial charge in [-0.05, 0) is 25.7 Å². The zero-order valence-electron chi connectivity index (χ0n) is 16.4. The second-order valence-corrected chi connectivity index (χ2v) is 7.90. The van der Waals surface area contributed by atoms with E-state index in [-0.39, 0.29) is 24.9 Å². The highest BCUT2D eigenvalue weighted by molar-refractivity contribution is 5.91. The number of methoxy groups -OCH3 is 2. The topological polar surface area (TPSA) is 88.5 Å².